The second-order valence-corrected chi connectivity index (χ2v) is 4.19. The highest BCUT2D eigenvalue weighted by Crippen LogP contribution is 2.35. The lowest BCUT2D eigenvalue weighted by atomic mass is 9.90. The van der Waals surface area contributed by atoms with Crippen molar-refractivity contribution in [3.8, 4) is 0 Å². The molecular weight excluding hydrogens is 162 g/mol. The Bertz CT molecular complexity index is 135. The highest BCUT2D eigenvalue weighted by molar-refractivity contribution is 4.86. The van der Waals surface area contributed by atoms with Crippen LogP contribution >= 0.6 is 0 Å². The van der Waals surface area contributed by atoms with Crippen LogP contribution in [-0.4, -0.2) is 17.4 Å². The first kappa shape index (κ1) is 11.0. The summed E-state index contributed by atoms with van der Waals surface area (Å²) >= 11 is 0. The van der Waals surface area contributed by atoms with E-state index in [1.165, 1.54) is 25.7 Å². The van der Waals surface area contributed by atoms with Gasteiger partial charge in [0.05, 0.1) is 0 Å². The van der Waals surface area contributed by atoms with Gasteiger partial charge in [-0.1, -0.05) is 33.1 Å². The molecule has 0 aromatic heterocycles. The van der Waals surface area contributed by atoms with E-state index >= 15 is 0 Å². The lowest BCUT2D eigenvalue weighted by molar-refractivity contribution is -0.0541. The van der Waals surface area contributed by atoms with Gasteiger partial charge in [0, 0.05) is 5.92 Å². The number of nitrogens with one attached hydrogen (secondary N) is 1. The molecule has 0 aromatic rings. The van der Waals surface area contributed by atoms with E-state index in [1.807, 2.05) is 0 Å². The van der Waals surface area contributed by atoms with Gasteiger partial charge in [0.25, 0.3) is 0 Å². The smallest absolute Gasteiger partial charge is 0.118 e. The predicted molar refractivity (Wildman–Crippen MR) is 55.5 cm³/mol. The molecule has 0 spiro atoms. The third-order valence-electron chi connectivity index (χ3n) is 3.14. The minimum atomic E-state index is -0.569. The Morgan fingerprint density at radius 2 is 1.92 bits per heavy atom. The van der Waals surface area contributed by atoms with Crippen LogP contribution in [0, 0.1) is 5.92 Å². The molecule has 0 aromatic carbocycles. The molecule has 0 saturated heterocycles. The van der Waals surface area contributed by atoms with E-state index in [2.05, 4.69) is 19.2 Å². The summed E-state index contributed by atoms with van der Waals surface area (Å²) in [6.45, 7) is 5.07. The average Bonchev–Trinajstić information content (AvgIpc) is 2.57. The molecule has 0 radical (unpaired) electrons. The average molecular weight is 185 g/mol. The molecule has 1 rings (SSSR count). The van der Waals surface area contributed by atoms with Crippen molar-refractivity contribution in [2.24, 2.45) is 5.92 Å². The highest BCUT2D eigenvalue weighted by Gasteiger charge is 2.36. The molecule has 2 N–H and O–H groups in total. The number of hydrogen-bond acceptors (Lipinski definition) is 2. The van der Waals surface area contributed by atoms with Crippen LogP contribution < -0.4 is 5.32 Å². The molecule has 0 heterocycles. The summed E-state index contributed by atoms with van der Waals surface area (Å²) < 4.78 is 0. The molecule has 2 nitrogen and oxygen atoms in total. The van der Waals surface area contributed by atoms with Crippen LogP contribution in [0.15, 0.2) is 0 Å². The molecule has 13 heavy (non-hydrogen) atoms. The fraction of sp³-hybridized carbons (Fsp3) is 1.00. The van der Waals surface area contributed by atoms with Crippen LogP contribution in [0.2, 0.25) is 0 Å². The molecule has 2 heteroatoms. The Hall–Kier alpha value is -0.0800. The summed E-state index contributed by atoms with van der Waals surface area (Å²) in [4.78, 5) is 0. The zero-order valence-corrected chi connectivity index (χ0v) is 8.97. The van der Waals surface area contributed by atoms with Gasteiger partial charge in [-0.15, -0.1) is 0 Å². The van der Waals surface area contributed by atoms with Crippen molar-refractivity contribution >= 4 is 0 Å². The molecule has 1 saturated carbocycles. The van der Waals surface area contributed by atoms with E-state index < -0.39 is 5.72 Å². The maximum atomic E-state index is 10.4. The Morgan fingerprint density at radius 1 is 1.31 bits per heavy atom. The first-order valence-electron chi connectivity index (χ1n) is 5.70. The number of rotatable bonds is 5. The Morgan fingerprint density at radius 3 is 2.38 bits per heavy atom. The van der Waals surface area contributed by atoms with Crippen LogP contribution in [-0.2, 0) is 0 Å². The van der Waals surface area contributed by atoms with Gasteiger partial charge in [0.15, 0.2) is 0 Å². The molecular formula is C11H23NO. The van der Waals surface area contributed by atoms with E-state index in [4.69, 9.17) is 0 Å². The van der Waals surface area contributed by atoms with Crippen LogP contribution in [0.25, 0.3) is 0 Å². The summed E-state index contributed by atoms with van der Waals surface area (Å²) in [5.41, 5.74) is -0.569. The van der Waals surface area contributed by atoms with E-state index in [0.29, 0.717) is 5.92 Å². The lowest BCUT2D eigenvalue weighted by Gasteiger charge is -2.34. The summed E-state index contributed by atoms with van der Waals surface area (Å²) in [5.74, 6) is 0.493. The van der Waals surface area contributed by atoms with Crippen molar-refractivity contribution in [2.75, 3.05) is 6.54 Å². The summed E-state index contributed by atoms with van der Waals surface area (Å²) in [6, 6.07) is 0. The van der Waals surface area contributed by atoms with Crippen molar-refractivity contribution in [1.82, 2.24) is 5.32 Å². The predicted octanol–water partition coefficient (Wildman–Crippen LogP) is 2.27. The van der Waals surface area contributed by atoms with Crippen LogP contribution in [0.4, 0.5) is 0 Å². The van der Waals surface area contributed by atoms with E-state index in [0.717, 1.165) is 19.4 Å². The second-order valence-electron chi connectivity index (χ2n) is 4.19. The molecule has 1 aliphatic carbocycles. The van der Waals surface area contributed by atoms with Gasteiger partial charge in [-0.25, -0.2) is 0 Å². The van der Waals surface area contributed by atoms with Gasteiger partial charge in [-0.05, 0) is 25.8 Å². The zero-order valence-electron chi connectivity index (χ0n) is 8.97. The Labute approximate surface area is 81.7 Å². The molecule has 0 aliphatic heterocycles. The second kappa shape index (κ2) is 4.97. The molecule has 1 atom stereocenters. The maximum Gasteiger partial charge on any atom is 0.118 e. The normalized spacial score (nSPS) is 23.3. The zero-order chi connectivity index (χ0) is 9.73. The fourth-order valence-electron chi connectivity index (χ4n) is 2.53. The van der Waals surface area contributed by atoms with Crippen LogP contribution in [0.1, 0.15) is 52.4 Å². The van der Waals surface area contributed by atoms with E-state index in [-0.39, 0.29) is 0 Å². The molecule has 1 unspecified atom stereocenters. The SMILES string of the molecule is CCCC(O)(NCC)C1CCCC1. The third kappa shape index (κ3) is 2.68. The summed E-state index contributed by atoms with van der Waals surface area (Å²) in [7, 11) is 0. The molecule has 1 aliphatic rings. The summed E-state index contributed by atoms with van der Waals surface area (Å²) in [5, 5.41) is 13.7. The van der Waals surface area contributed by atoms with Gasteiger partial charge in [0.1, 0.15) is 5.72 Å². The summed E-state index contributed by atoms with van der Waals surface area (Å²) in [6.07, 6.45) is 6.93. The lowest BCUT2D eigenvalue weighted by Crippen LogP contribution is -2.50. The fourth-order valence-corrected chi connectivity index (χ4v) is 2.53. The molecule has 1 fully saturated rings. The first-order valence-corrected chi connectivity index (χ1v) is 5.70. The van der Waals surface area contributed by atoms with Gasteiger partial charge >= 0.3 is 0 Å². The topological polar surface area (TPSA) is 32.3 Å². The van der Waals surface area contributed by atoms with E-state index in [9.17, 15) is 5.11 Å². The minimum Gasteiger partial charge on any atom is -0.376 e. The first-order chi connectivity index (χ1) is 6.23. The molecule has 0 amide bonds. The van der Waals surface area contributed by atoms with Crippen LogP contribution in [0.5, 0.6) is 0 Å². The van der Waals surface area contributed by atoms with Crippen molar-refractivity contribution in [3.63, 3.8) is 0 Å². The monoisotopic (exact) mass is 185 g/mol. The van der Waals surface area contributed by atoms with Crippen molar-refractivity contribution in [3.05, 3.63) is 0 Å². The number of hydrogen-bond donors (Lipinski definition) is 2. The Balaban J connectivity index is 2.52. The van der Waals surface area contributed by atoms with E-state index in [1.54, 1.807) is 0 Å². The van der Waals surface area contributed by atoms with Gasteiger partial charge in [0.2, 0.25) is 0 Å². The van der Waals surface area contributed by atoms with Gasteiger partial charge in [-0.2, -0.15) is 0 Å². The quantitative estimate of drug-likeness (QED) is 0.644. The van der Waals surface area contributed by atoms with Gasteiger partial charge in [-0.3, -0.25) is 5.32 Å². The van der Waals surface area contributed by atoms with Crippen molar-refractivity contribution in [2.45, 2.75) is 58.1 Å². The molecule has 78 valence electrons. The molecule has 0 bridgehead atoms. The minimum absolute atomic E-state index is 0.493. The largest absolute Gasteiger partial charge is 0.376 e. The van der Waals surface area contributed by atoms with Crippen molar-refractivity contribution in [1.29, 1.82) is 0 Å². The van der Waals surface area contributed by atoms with Crippen LogP contribution in [0.3, 0.4) is 0 Å². The van der Waals surface area contributed by atoms with Crippen molar-refractivity contribution < 1.29 is 5.11 Å². The van der Waals surface area contributed by atoms with Gasteiger partial charge < -0.3 is 5.11 Å². The maximum absolute atomic E-state index is 10.4. The standard InChI is InChI=1S/C11H23NO/c1-3-9-11(13,12-4-2)10-7-5-6-8-10/h10,12-13H,3-9H2,1-2H3. The highest BCUT2D eigenvalue weighted by atomic mass is 16.3. The number of aliphatic hydroxyl groups is 1. The third-order valence-corrected chi connectivity index (χ3v) is 3.14. The Kier molecular flexibility index (Phi) is 4.20.